The summed E-state index contributed by atoms with van der Waals surface area (Å²) >= 11 is 0. The van der Waals surface area contributed by atoms with Gasteiger partial charge in [0, 0.05) is 13.1 Å². The molecule has 0 aliphatic heterocycles. The van der Waals surface area contributed by atoms with Crippen LogP contribution in [0.1, 0.15) is 6.92 Å². The first-order chi connectivity index (χ1) is 6.20. The average Bonchev–Trinajstić information content (AvgIpc) is 2.40. The van der Waals surface area contributed by atoms with Gasteiger partial charge in [0.05, 0.1) is 6.61 Å². The van der Waals surface area contributed by atoms with E-state index in [4.69, 9.17) is 16.6 Å². The van der Waals surface area contributed by atoms with Gasteiger partial charge in [-0.05, 0) is 6.92 Å². The highest BCUT2D eigenvalue weighted by Gasteiger charge is 2.10. The van der Waals surface area contributed by atoms with Gasteiger partial charge >= 0.3 is 0 Å². The first-order valence-electron chi connectivity index (χ1n) is 4.17. The topological polar surface area (TPSA) is 102 Å². The normalized spacial score (nSPS) is 10.3. The van der Waals surface area contributed by atoms with Crippen LogP contribution in [0, 0.1) is 0 Å². The van der Waals surface area contributed by atoms with Gasteiger partial charge in [-0.15, -0.1) is 0 Å². The van der Waals surface area contributed by atoms with Crippen LogP contribution in [-0.2, 0) is 6.54 Å². The summed E-state index contributed by atoms with van der Waals surface area (Å²) in [5, 5.41) is 15.6. The second-order valence-electron chi connectivity index (χ2n) is 2.61. The number of hydrogen-bond acceptors (Lipinski definition) is 5. The van der Waals surface area contributed by atoms with E-state index in [2.05, 4.69) is 10.4 Å². The molecule has 74 valence electrons. The number of aryl methyl sites for hydroxylation is 1. The van der Waals surface area contributed by atoms with E-state index in [1.807, 2.05) is 6.92 Å². The van der Waals surface area contributed by atoms with Crippen LogP contribution in [0.2, 0.25) is 0 Å². The molecule has 0 radical (unpaired) electrons. The lowest BCUT2D eigenvalue weighted by molar-refractivity contribution is 0.310. The van der Waals surface area contributed by atoms with Crippen molar-refractivity contribution in [1.29, 1.82) is 0 Å². The molecule has 0 aliphatic carbocycles. The summed E-state index contributed by atoms with van der Waals surface area (Å²) in [4.78, 5) is 0. The third-order valence-electron chi connectivity index (χ3n) is 1.72. The van der Waals surface area contributed by atoms with Gasteiger partial charge in [-0.25, -0.2) is 4.68 Å². The number of hydrogen-bond donors (Lipinski definition) is 4. The number of anilines is 3. The van der Waals surface area contributed by atoms with Crippen molar-refractivity contribution in [3.8, 4) is 0 Å². The van der Waals surface area contributed by atoms with Crippen LogP contribution in [0.15, 0.2) is 0 Å². The first kappa shape index (κ1) is 9.66. The minimum Gasteiger partial charge on any atom is -0.395 e. The molecular weight excluding hydrogens is 170 g/mol. The van der Waals surface area contributed by atoms with Gasteiger partial charge in [0.25, 0.3) is 0 Å². The van der Waals surface area contributed by atoms with Crippen LogP contribution in [0.3, 0.4) is 0 Å². The summed E-state index contributed by atoms with van der Waals surface area (Å²) < 4.78 is 1.67. The molecule has 0 amide bonds. The Kier molecular flexibility index (Phi) is 2.97. The van der Waals surface area contributed by atoms with Gasteiger partial charge in [-0.3, -0.25) is 0 Å². The molecule has 0 aromatic carbocycles. The average molecular weight is 185 g/mol. The molecule has 0 aliphatic rings. The Morgan fingerprint density at radius 1 is 1.54 bits per heavy atom. The molecule has 0 fully saturated rings. The van der Waals surface area contributed by atoms with Crippen LogP contribution >= 0.6 is 0 Å². The fourth-order valence-electron chi connectivity index (χ4n) is 1.08. The molecule has 0 spiro atoms. The van der Waals surface area contributed by atoms with Gasteiger partial charge in [-0.1, -0.05) is 0 Å². The third kappa shape index (κ3) is 1.83. The third-order valence-corrected chi connectivity index (χ3v) is 1.72. The Hall–Kier alpha value is -1.43. The highest BCUT2D eigenvalue weighted by Crippen LogP contribution is 2.23. The summed E-state index contributed by atoms with van der Waals surface area (Å²) in [6.07, 6.45) is 0. The SMILES string of the molecule is CCn1nc(N)c(N)c1NCCO. The molecule has 6 N–H and O–H groups in total. The van der Waals surface area contributed by atoms with Crippen LogP contribution in [0.4, 0.5) is 17.3 Å². The molecule has 0 saturated heterocycles. The van der Waals surface area contributed by atoms with Crippen molar-refractivity contribution in [2.75, 3.05) is 29.9 Å². The summed E-state index contributed by atoms with van der Waals surface area (Å²) in [6, 6.07) is 0. The summed E-state index contributed by atoms with van der Waals surface area (Å²) in [5.41, 5.74) is 11.6. The second-order valence-corrected chi connectivity index (χ2v) is 2.61. The maximum absolute atomic E-state index is 8.62. The van der Waals surface area contributed by atoms with Crippen molar-refractivity contribution in [1.82, 2.24) is 9.78 Å². The minimum absolute atomic E-state index is 0.0498. The van der Waals surface area contributed by atoms with Crippen LogP contribution in [-0.4, -0.2) is 28.0 Å². The van der Waals surface area contributed by atoms with E-state index in [0.29, 0.717) is 30.4 Å². The predicted molar refractivity (Wildman–Crippen MR) is 52.3 cm³/mol. The Morgan fingerprint density at radius 3 is 2.77 bits per heavy atom. The molecule has 1 heterocycles. The molecule has 0 unspecified atom stereocenters. The van der Waals surface area contributed by atoms with E-state index in [1.54, 1.807) is 4.68 Å². The molecule has 0 saturated carbocycles. The molecule has 13 heavy (non-hydrogen) atoms. The fraction of sp³-hybridized carbons (Fsp3) is 0.571. The Bertz CT molecular complexity index is 283. The van der Waals surface area contributed by atoms with Crippen molar-refractivity contribution < 1.29 is 5.11 Å². The lowest BCUT2D eigenvalue weighted by atomic mass is 10.4. The standard InChI is InChI=1S/C7H15N5O/c1-2-12-7(10-3-4-13)5(8)6(9)11-12/h10,13H,2-4,8H2,1H3,(H2,9,11). The van der Waals surface area contributed by atoms with E-state index < -0.39 is 0 Å². The number of rotatable bonds is 4. The van der Waals surface area contributed by atoms with Crippen LogP contribution < -0.4 is 16.8 Å². The number of nitrogens with one attached hydrogen (secondary N) is 1. The zero-order valence-electron chi connectivity index (χ0n) is 7.62. The van der Waals surface area contributed by atoms with E-state index in [9.17, 15) is 0 Å². The number of nitrogens with two attached hydrogens (primary N) is 2. The smallest absolute Gasteiger partial charge is 0.171 e. The molecule has 1 aromatic rings. The summed E-state index contributed by atoms with van der Waals surface area (Å²) in [6.45, 7) is 3.12. The first-order valence-corrected chi connectivity index (χ1v) is 4.17. The largest absolute Gasteiger partial charge is 0.395 e. The Morgan fingerprint density at radius 2 is 2.23 bits per heavy atom. The van der Waals surface area contributed by atoms with Gasteiger partial charge in [0.2, 0.25) is 0 Å². The van der Waals surface area contributed by atoms with E-state index in [1.165, 1.54) is 0 Å². The van der Waals surface area contributed by atoms with Crippen LogP contribution in [0.25, 0.3) is 0 Å². The predicted octanol–water partition coefficient (Wildman–Crippen LogP) is -0.528. The molecule has 1 rings (SSSR count). The highest BCUT2D eigenvalue weighted by molar-refractivity contribution is 5.73. The van der Waals surface area contributed by atoms with Crippen molar-refractivity contribution in [2.45, 2.75) is 13.5 Å². The zero-order chi connectivity index (χ0) is 9.84. The minimum atomic E-state index is 0.0498. The molecule has 1 aromatic heterocycles. The van der Waals surface area contributed by atoms with E-state index in [0.717, 1.165) is 0 Å². The zero-order valence-corrected chi connectivity index (χ0v) is 7.62. The molecular formula is C7H15N5O. The number of nitrogen functional groups attached to an aromatic ring is 2. The van der Waals surface area contributed by atoms with Gasteiger partial charge in [-0.2, -0.15) is 5.10 Å². The molecule has 0 bridgehead atoms. The van der Waals surface area contributed by atoms with Gasteiger partial charge < -0.3 is 21.9 Å². The fourth-order valence-corrected chi connectivity index (χ4v) is 1.08. The number of aliphatic hydroxyl groups is 1. The van der Waals surface area contributed by atoms with Gasteiger partial charge in [0.1, 0.15) is 11.5 Å². The van der Waals surface area contributed by atoms with E-state index in [-0.39, 0.29) is 6.61 Å². The van der Waals surface area contributed by atoms with Crippen molar-refractivity contribution >= 4 is 17.3 Å². The molecule has 0 atom stereocenters. The Balaban J connectivity index is 2.88. The van der Waals surface area contributed by atoms with Crippen LogP contribution in [0.5, 0.6) is 0 Å². The monoisotopic (exact) mass is 185 g/mol. The summed E-state index contributed by atoms with van der Waals surface area (Å²) in [7, 11) is 0. The van der Waals surface area contributed by atoms with Crippen molar-refractivity contribution in [3.63, 3.8) is 0 Å². The lowest BCUT2D eigenvalue weighted by Gasteiger charge is -2.06. The molecule has 6 nitrogen and oxygen atoms in total. The Labute approximate surface area is 76.5 Å². The van der Waals surface area contributed by atoms with Gasteiger partial charge in [0.15, 0.2) is 5.82 Å². The number of aliphatic hydroxyl groups excluding tert-OH is 1. The number of aromatic nitrogens is 2. The van der Waals surface area contributed by atoms with Crippen molar-refractivity contribution in [2.24, 2.45) is 0 Å². The van der Waals surface area contributed by atoms with E-state index >= 15 is 0 Å². The highest BCUT2D eigenvalue weighted by atomic mass is 16.3. The maximum Gasteiger partial charge on any atom is 0.171 e. The second kappa shape index (κ2) is 3.99. The number of nitrogens with zero attached hydrogens (tertiary/aromatic N) is 2. The quantitative estimate of drug-likeness (QED) is 0.505. The molecule has 6 heteroatoms. The summed E-state index contributed by atoms with van der Waals surface area (Å²) in [5.74, 6) is 0.997. The maximum atomic E-state index is 8.62. The van der Waals surface area contributed by atoms with Crippen molar-refractivity contribution in [3.05, 3.63) is 0 Å². The lowest BCUT2D eigenvalue weighted by Crippen LogP contribution is -2.11.